The molecule has 38 nitrogen and oxygen atoms in total. The molecular formula is C89H106Cl2N12O26. The van der Waals surface area contributed by atoms with Gasteiger partial charge in [0.1, 0.15) is 131 Å². The Morgan fingerprint density at radius 3 is 1.68 bits per heavy atom. The summed E-state index contributed by atoms with van der Waals surface area (Å²) < 4.78 is 45.0. The van der Waals surface area contributed by atoms with Gasteiger partial charge in [-0.2, -0.15) is 0 Å². The molecule has 0 unspecified atom stereocenters. The molecule has 0 saturated carbocycles. The van der Waals surface area contributed by atoms with E-state index < -0.39 is 240 Å². The number of ether oxygens (including phenoxy) is 7. The van der Waals surface area contributed by atoms with Crippen molar-refractivity contribution in [3.63, 3.8) is 0 Å². The van der Waals surface area contributed by atoms with Crippen LogP contribution in [0.25, 0.3) is 11.1 Å². The van der Waals surface area contributed by atoms with Crippen molar-refractivity contribution in [2.45, 2.75) is 188 Å². The van der Waals surface area contributed by atoms with Crippen molar-refractivity contribution in [2.75, 3.05) is 52.5 Å². The summed E-state index contributed by atoms with van der Waals surface area (Å²) in [6.07, 6.45) is -13.0. The summed E-state index contributed by atoms with van der Waals surface area (Å²) in [7, 11) is 0. The zero-order valence-corrected chi connectivity index (χ0v) is 71.8. The van der Waals surface area contributed by atoms with Gasteiger partial charge in [-0.15, -0.1) is 0 Å². The fourth-order valence-corrected chi connectivity index (χ4v) is 16.6. The molecular weight excluding hydrogens is 1720 g/mol. The summed E-state index contributed by atoms with van der Waals surface area (Å²) in [5.41, 5.74) is 16.5. The number of carbonyl (C=O) groups excluding carboxylic acids is 8. The highest BCUT2D eigenvalue weighted by Crippen LogP contribution is 2.50. The number of fused-ring (bicyclic) bond motifs is 14. The quantitative estimate of drug-likeness (QED) is 0.0366. The number of benzene rings is 7. The number of rotatable bonds is 25. The first-order valence-electron chi connectivity index (χ1n) is 42.5. The predicted octanol–water partition coefficient (Wildman–Crippen LogP) is 2.98. The maximum Gasteiger partial charge on any atom is 0.248 e. The van der Waals surface area contributed by atoms with Crippen molar-refractivity contribution in [1.29, 1.82) is 0 Å². The molecule has 25 N–H and O–H groups in total. The van der Waals surface area contributed by atoms with Gasteiger partial charge in [-0.05, 0) is 182 Å². The Balaban J connectivity index is 1.03. The molecule has 7 aromatic rings. The minimum Gasteiger partial charge on any atom is -0.508 e. The first kappa shape index (κ1) is 95.2. The van der Waals surface area contributed by atoms with Crippen molar-refractivity contribution in [3.05, 3.63) is 164 Å². The number of halogens is 2. The highest BCUT2D eigenvalue weighted by atomic mass is 35.5. The number of hydrogen-bond acceptors (Lipinski definition) is 30. The molecule has 692 valence electrons. The Kier molecular flexibility index (Phi) is 31.3. The number of amides is 8. The molecule has 8 aliphatic rings. The second-order valence-electron chi connectivity index (χ2n) is 33.0. The lowest BCUT2D eigenvalue weighted by Gasteiger charge is -2.42. The number of hydrogen-bond donors (Lipinski definition) is 22. The SMILES string of the molecule is CC(C)CCCCCCC(=O)N[C@H]1[C@H](Oc2c3cc4cc2Oc2ccc(cc2Cl)C[C@H]2NC(=O)[C@@H](N)c5ccc(O)c(c5)Oc5cc(O)cc(c5)[C@H](NC2=O)C(=O)N[C@H]4C(=O)N[C@H]2C(=O)N[C@@H](Cc4ccc(c(Cl)c4)O3)C(=O)N[C@H](C(=O)NCCCN(CCCN)CCCN)c3cc(O)cc(O[C@H]4O[C@H](CO)[C@@H](O)[C@H](O)[C@@H]4O)c3-c3cc2ccc3O)O[C@H](CO)[C@@H](O)[C@@H]1O. The van der Waals surface area contributed by atoms with E-state index in [1.165, 1.54) is 60.7 Å². The average molecular weight is 1830 g/mol. The molecule has 17 atom stereocenters. The van der Waals surface area contributed by atoms with Crippen LogP contribution in [-0.4, -0.2) is 234 Å². The number of nitrogens with two attached hydrogens (primary N) is 3. The smallest absolute Gasteiger partial charge is 0.248 e. The zero-order chi connectivity index (χ0) is 92.3. The molecule has 8 amide bonds. The Morgan fingerprint density at radius 2 is 1.06 bits per heavy atom. The van der Waals surface area contributed by atoms with Gasteiger partial charge in [0, 0.05) is 49.1 Å². The van der Waals surface area contributed by atoms with E-state index in [2.05, 4.69) is 61.3 Å². The van der Waals surface area contributed by atoms with Crippen molar-refractivity contribution in [3.8, 4) is 80.1 Å². The molecule has 8 aliphatic heterocycles. The van der Waals surface area contributed by atoms with Gasteiger partial charge in [0.25, 0.3) is 0 Å². The van der Waals surface area contributed by atoms with Crippen molar-refractivity contribution in [2.24, 2.45) is 23.1 Å². The van der Waals surface area contributed by atoms with Gasteiger partial charge in [-0.3, -0.25) is 38.4 Å². The van der Waals surface area contributed by atoms with Gasteiger partial charge >= 0.3 is 0 Å². The van der Waals surface area contributed by atoms with Crippen molar-refractivity contribution < 1.29 is 128 Å². The summed E-state index contributed by atoms with van der Waals surface area (Å²) >= 11 is 14.6. The third-order valence-electron chi connectivity index (χ3n) is 23.1. The summed E-state index contributed by atoms with van der Waals surface area (Å²) in [6, 6.07) is 7.19. The Labute approximate surface area is 749 Å². The lowest BCUT2D eigenvalue weighted by Crippen LogP contribution is -2.65. The van der Waals surface area contributed by atoms with E-state index in [0.29, 0.717) is 70.7 Å². The predicted molar refractivity (Wildman–Crippen MR) is 461 cm³/mol. The van der Waals surface area contributed by atoms with Crippen LogP contribution in [0.2, 0.25) is 10.0 Å². The van der Waals surface area contributed by atoms with E-state index >= 15 is 28.8 Å². The molecule has 2 saturated heterocycles. The van der Waals surface area contributed by atoms with Crippen LogP contribution in [-0.2, 0) is 60.7 Å². The third-order valence-corrected chi connectivity index (χ3v) is 23.7. The molecule has 0 aromatic heterocycles. The second-order valence-corrected chi connectivity index (χ2v) is 33.8. The molecule has 15 rings (SSSR count). The van der Waals surface area contributed by atoms with E-state index in [0.717, 1.165) is 73.9 Å². The monoisotopic (exact) mass is 1830 g/mol. The molecule has 17 bridgehead atoms. The summed E-state index contributed by atoms with van der Waals surface area (Å²) in [4.78, 5) is 127. The van der Waals surface area contributed by atoms with E-state index in [-0.39, 0.29) is 79.4 Å². The number of unbranched alkanes of at least 4 members (excludes halogenated alkanes) is 3. The lowest BCUT2D eigenvalue weighted by molar-refractivity contribution is -0.277. The van der Waals surface area contributed by atoms with Crippen LogP contribution in [0.3, 0.4) is 0 Å². The van der Waals surface area contributed by atoms with Crippen molar-refractivity contribution >= 4 is 70.5 Å². The molecule has 0 radical (unpaired) electrons. The van der Waals surface area contributed by atoms with Gasteiger partial charge in [0.05, 0.1) is 23.3 Å². The molecule has 2 fully saturated rings. The highest BCUT2D eigenvalue weighted by molar-refractivity contribution is 6.32. The van der Waals surface area contributed by atoms with Gasteiger partial charge in [0.2, 0.25) is 65.6 Å². The zero-order valence-electron chi connectivity index (χ0n) is 70.3. The maximum atomic E-state index is 16.8. The number of carbonyl (C=O) groups is 8. The standard InChI is InChI=1S/C89H106Cl2N12O26/c1-41(2)10-5-3-4-6-11-67(110)98-74-77(113)75(111)65(39-104)127-88(74)129-80-63-34-47-35-64(80)125-60-19-13-43(27-54(60)91)29-56-82(117)102-73(84(119)95-22-9-25-103(23-7-20-92)24-8-21-93)52-37-49(107)38-62(126-89-79(115)78(114)76(112)66(40-105)128-89)68(52)51-32-45(15-16-57(51)108)70(85(120)97-56)100-87(122)72(47)101-86(121)71-46-30-48(106)36-50(31-46)123-61-33-44(14-17-58(61)109)69(94)83(118)96-55(81(116)99-71)28-42-12-18-59(124-63)53(90)26-42/h12-19,26-27,30-38,41,55-56,65-66,69-79,88-89,104-109,111-115H,3-11,20-25,28-29,39-40,92-94H2,1-2H3,(H,95,119)(H,96,118)(H,97,120)(H,98,110)(H,99,116)(H,100,122)(H,101,121)(H,102,117)/t55-,56+,65-,66-,69+,70-,71+,72-,73+,74-,75-,76-,77-,78+,79+,88+,89+/m1/s1. The van der Waals surface area contributed by atoms with Crippen LogP contribution in [0.1, 0.15) is 141 Å². The summed E-state index contributed by atoms with van der Waals surface area (Å²) in [5.74, 6) is -14.3. The largest absolute Gasteiger partial charge is 0.508 e. The number of nitrogens with one attached hydrogen (secondary N) is 8. The minimum atomic E-state index is -2.36. The molecule has 7 aromatic carbocycles. The normalized spacial score (nSPS) is 25.2. The molecule has 8 heterocycles. The van der Waals surface area contributed by atoms with E-state index in [9.17, 15) is 65.8 Å². The van der Waals surface area contributed by atoms with Crippen LogP contribution < -0.4 is 83.4 Å². The van der Waals surface area contributed by atoms with Crippen LogP contribution in [0.15, 0.2) is 115 Å². The average Bonchev–Trinajstić information content (AvgIpc) is 0.760. The fourth-order valence-electron chi connectivity index (χ4n) is 16.2. The second kappa shape index (κ2) is 42.4. The fraction of sp³-hybridized carbons (Fsp3) is 0.438. The topological polar surface area (TPSA) is 601 Å². The van der Waals surface area contributed by atoms with Gasteiger partial charge in [-0.1, -0.05) is 87.0 Å². The van der Waals surface area contributed by atoms with E-state index in [1.807, 2.05) is 0 Å². The molecule has 0 spiro atoms. The number of nitrogens with zero attached hydrogens (tertiary/aromatic N) is 1. The Hall–Kier alpha value is -11.4. The third kappa shape index (κ3) is 22.5. The van der Waals surface area contributed by atoms with Crippen LogP contribution in [0.5, 0.6) is 69.0 Å². The highest BCUT2D eigenvalue weighted by Gasteiger charge is 2.50. The Bertz CT molecular complexity index is 5280. The minimum absolute atomic E-state index is 0.0681. The van der Waals surface area contributed by atoms with Crippen LogP contribution in [0, 0.1) is 5.92 Å². The maximum absolute atomic E-state index is 16.8. The van der Waals surface area contributed by atoms with Gasteiger partial charge in [0.15, 0.2) is 23.0 Å². The number of aliphatic hydroxyl groups excluding tert-OH is 7. The molecule has 129 heavy (non-hydrogen) atoms. The Morgan fingerprint density at radius 1 is 0.519 bits per heavy atom. The van der Waals surface area contributed by atoms with Gasteiger partial charge < -0.3 is 154 Å². The van der Waals surface area contributed by atoms with Crippen LogP contribution in [0.4, 0.5) is 0 Å². The van der Waals surface area contributed by atoms with E-state index in [1.54, 1.807) is 0 Å². The number of phenolic OH excluding ortho intramolecular Hbond substituents is 4. The van der Waals surface area contributed by atoms with E-state index in [4.69, 9.17) is 73.6 Å². The lowest BCUT2D eigenvalue weighted by atomic mass is 9.89. The van der Waals surface area contributed by atoms with Gasteiger partial charge in [-0.25, -0.2) is 0 Å². The van der Waals surface area contributed by atoms with Crippen LogP contribution >= 0.6 is 23.2 Å². The summed E-state index contributed by atoms with van der Waals surface area (Å²) in [5, 5.41) is 147. The first-order chi connectivity index (χ1) is 61.8. The molecule has 40 heteroatoms. The molecule has 0 aliphatic carbocycles. The number of aliphatic hydroxyl groups is 7. The number of aromatic hydroxyl groups is 4. The first-order valence-corrected chi connectivity index (χ1v) is 43.2. The summed E-state index contributed by atoms with van der Waals surface area (Å²) in [6.45, 7) is 4.62. The number of phenols is 4. The van der Waals surface area contributed by atoms with Crippen molar-refractivity contribution in [1.82, 2.24) is 47.4 Å².